The van der Waals surface area contributed by atoms with Crippen LogP contribution in [0.5, 0.6) is 0 Å². The Morgan fingerprint density at radius 3 is 2.30 bits per heavy atom. The Morgan fingerprint density at radius 2 is 1.61 bits per heavy atom. The quantitative estimate of drug-likeness (QED) is 0.610. The molecule has 0 saturated heterocycles. The molecule has 120 valence electrons. The van der Waals surface area contributed by atoms with Gasteiger partial charge in [-0.2, -0.15) is 0 Å². The molecule has 0 heterocycles. The van der Waals surface area contributed by atoms with Crippen LogP contribution in [0.25, 0.3) is 0 Å². The fraction of sp³-hybridized carbons (Fsp3) is 0.263. The zero-order valence-corrected chi connectivity index (χ0v) is 13.3. The van der Waals surface area contributed by atoms with Crippen molar-refractivity contribution < 1.29 is 9.59 Å². The summed E-state index contributed by atoms with van der Waals surface area (Å²) in [5.41, 5.74) is 3.08. The fourth-order valence-electron chi connectivity index (χ4n) is 2.22. The Kier molecular flexibility index (Phi) is 6.36. The van der Waals surface area contributed by atoms with Crippen LogP contribution in [-0.4, -0.2) is 18.4 Å². The molecule has 4 heteroatoms. The minimum Gasteiger partial charge on any atom is -0.356 e. The Balaban J connectivity index is 1.64. The first kappa shape index (κ1) is 16.7. The highest BCUT2D eigenvalue weighted by Gasteiger charge is 2.09. The third-order valence-corrected chi connectivity index (χ3v) is 3.46. The summed E-state index contributed by atoms with van der Waals surface area (Å²) >= 11 is 0. The van der Waals surface area contributed by atoms with Crippen molar-refractivity contribution in [1.82, 2.24) is 5.32 Å². The number of rotatable bonds is 7. The molecule has 2 rings (SSSR count). The maximum Gasteiger partial charge on any atom is 0.233 e. The van der Waals surface area contributed by atoms with Gasteiger partial charge in [-0.25, -0.2) is 0 Å². The minimum atomic E-state index is -0.297. The molecule has 0 saturated carbocycles. The van der Waals surface area contributed by atoms with Gasteiger partial charge in [0.05, 0.1) is 0 Å². The van der Waals surface area contributed by atoms with E-state index in [9.17, 15) is 9.59 Å². The highest BCUT2D eigenvalue weighted by Crippen LogP contribution is 2.08. The van der Waals surface area contributed by atoms with Gasteiger partial charge in [0.1, 0.15) is 6.42 Å². The molecule has 0 fully saturated rings. The normalized spacial score (nSPS) is 10.1. The number of hydrogen-bond donors (Lipinski definition) is 2. The van der Waals surface area contributed by atoms with E-state index >= 15 is 0 Å². The van der Waals surface area contributed by atoms with Gasteiger partial charge in [-0.15, -0.1) is 0 Å². The molecule has 2 N–H and O–H groups in total. The molecular weight excluding hydrogens is 288 g/mol. The molecular formula is C19H22N2O2. The van der Waals surface area contributed by atoms with E-state index in [0.29, 0.717) is 12.2 Å². The first-order chi connectivity index (χ1) is 11.1. The lowest BCUT2D eigenvalue weighted by molar-refractivity contribution is -0.126. The predicted molar refractivity (Wildman–Crippen MR) is 92.2 cm³/mol. The van der Waals surface area contributed by atoms with Gasteiger partial charge in [0.2, 0.25) is 11.8 Å². The van der Waals surface area contributed by atoms with E-state index in [-0.39, 0.29) is 18.2 Å². The summed E-state index contributed by atoms with van der Waals surface area (Å²) in [5.74, 6) is -0.544. The third-order valence-electron chi connectivity index (χ3n) is 3.46. The summed E-state index contributed by atoms with van der Waals surface area (Å²) in [5, 5.41) is 5.50. The minimum absolute atomic E-state index is 0.154. The van der Waals surface area contributed by atoms with Gasteiger partial charge in [0.25, 0.3) is 0 Å². The summed E-state index contributed by atoms with van der Waals surface area (Å²) in [6, 6.07) is 17.6. The summed E-state index contributed by atoms with van der Waals surface area (Å²) < 4.78 is 0. The van der Waals surface area contributed by atoms with Crippen LogP contribution in [0.2, 0.25) is 0 Å². The predicted octanol–water partition coefficient (Wildman–Crippen LogP) is 3.07. The molecule has 0 unspecified atom stereocenters. The van der Waals surface area contributed by atoms with E-state index < -0.39 is 0 Å². The summed E-state index contributed by atoms with van der Waals surface area (Å²) in [7, 11) is 0. The van der Waals surface area contributed by atoms with Crippen molar-refractivity contribution in [2.24, 2.45) is 0 Å². The number of carbonyl (C=O) groups is 2. The largest absolute Gasteiger partial charge is 0.356 e. The monoisotopic (exact) mass is 310 g/mol. The molecule has 2 aromatic rings. The summed E-state index contributed by atoms with van der Waals surface area (Å²) in [4.78, 5) is 23.5. The Morgan fingerprint density at radius 1 is 0.913 bits per heavy atom. The number of nitrogens with one attached hydrogen (secondary N) is 2. The molecule has 0 aliphatic rings. The third kappa shape index (κ3) is 6.34. The molecule has 0 aromatic heterocycles. The van der Waals surface area contributed by atoms with Crippen LogP contribution in [0.4, 0.5) is 5.69 Å². The highest BCUT2D eigenvalue weighted by molar-refractivity contribution is 6.03. The number of anilines is 1. The van der Waals surface area contributed by atoms with Gasteiger partial charge >= 0.3 is 0 Å². The van der Waals surface area contributed by atoms with E-state index in [1.165, 1.54) is 5.56 Å². The van der Waals surface area contributed by atoms with Crippen molar-refractivity contribution >= 4 is 17.5 Å². The average molecular weight is 310 g/mol. The molecule has 4 nitrogen and oxygen atoms in total. The maximum absolute atomic E-state index is 11.8. The molecule has 23 heavy (non-hydrogen) atoms. The molecule has 0 bridgehead atoms. The van der Waals surface area contributed by atoms with Crippen molar-refractivity contribution in [3.63, 3.8) is 0 Å². The van der Waals surface area contributed by atoms with E-state index in [1.807, 2.05) is 49.4 Å². The summed E-state index contributed by atoms with van der Waals surface area (Å²) in [6.45, 7) is 2.56. The zero-order chi connectivity index (χ0) is 16.5. The van der Waals surface area contributed by atoms with Crippen molar-refractivity contribution in [3.8, 4) is 0 Å². The molecule has 2 amide bonds. The van der Waals surface area contributed by atoms with Gasteiger partial charge in [0.15, 0.2) is 0 Å². The second-order valence-corrected chi connectivity index (χ2v) is 5.53. The van der Waals surface area contributed by atoms with Crippen LogP contribution in [0, 0.1) is 6.92 Å². The molecule has 0 spiro atoms. The number of hydrogen-bond acceptors (Lipinski definition) is 2. The van der Waals surface area contributed by atoms with E-state index in [1.54, 1.807) is 0 Å². The fourth-order valence-corrected chi connectivity index (χ4v) is 2.22. The van der Waals surface area contributed by atoms with Crippen LogP contribution >= 0.6 is 0 Å². The van der Waals surface area contributed by atoms with Gasteiger partial charge in [-0.1, -0.05) is 48.0 Å². The lowest BCUT2D eigenvalue weighted by Gasteiger charge is -2.07. The maximum atomic E-state index is 11.8. The van der Waals surface area contributed by atoms with E-state index in [4.69, 9.17) is 0 Å². The second-order valence-electron chi connectivity index (χ2n) is 5.53. The Bertz CT molecular complexity index is 636. The Hall–Kier alpha value is -2.62. The van der Waals surface area contributed by atoms with Gasteiger partial charge in [0, 0.05) is 12.2 Å². The van der Waals surface area contributed by atoms with Crippen molar-refractivity contribution in [3.05, 3.63) is 65.7 Å². The van der Waals surface area contributed by atoms with Crippen molar-refractivity contribution in [1.29, 1.82) is 0 Å². The first-order valence-electron chi connectivity index (χ1n) is 7.80. The summed E-state index contributed by atoms with van der Waals surface area (Å²) in [6.07, 6.45) is 1.62. The van der Waals surface area contributed by atoms with Gasteiger partial charge < -0.3 is 10.6 Å². The second kappa shape index (κ2) is 8.73. The van der Waals surface area contributed by atoms with Crippen LogP contribution < -0.4 is 10.6 Å². The van der Waals surface area contributed by atoms with Crippen molar-refractivity contribution in [2.75, 3.05) is 11.9 Å². The van der Waals surface area contributed by atoms with E-state index in [2.05, 4.69) is 22.8 Å². The highest BCUT2D eigenvalue weighted by atomic mass is 16.2. The SMILES string of the molecule is Cc1ccc(NC(=O)CC(=O)NCCCc2ccccc2)cc1. The van der Waals surface area contributed by atoms with E-state index in [0.717, 1.165) is 18.4 Å². The van der Waals surface area contributed by atoms with Gasteiger partial charge in [-0.3, -0.25) is 9.59 Å². The number of amides is 2. The standard InChI is InChI=1S/C19H22N2O2/c1-15-9-11-17(12-10-15)21-19(23)14-18(22)20-13-5-8-16-6-3-2-4-7-16/h2-4,6-7,9-12H,5,8,13-14H2,1H3,(H,20,22)(H,21,23). The average Bonchev–Trinajstić information content (AvgIpc) is 2.55. The molecule has 2 aromatic carbocycles. The van der Waals surface area contributed by atoms with Crippen LogP contribution in [-0.2, 0) is 16.0 Å². The molecule has 0 aliphatic carbocycles. The zero-order valence-electron chi connectivity index (χ0n) is 13.3. The van der Waals surface area contributed by atoms with Crippen LogP contribution in [0.15, 0.2) is 54.6 Å². The number of carbonyl (C=O) groups excluding carboxylic acids is 2. The smallest absolute Gasteiger partial charge is 0.233 e. The van der Waals surface area contributed by atoms with Crippen LogP contribution in [0.1, 0.15) is 24.0 Å². The lowest BCUT2D eigenvalue weighted by Crippen LogP contribution is -2.29. The number of aryl methyl sites for hydroxylation is 2. The number of benzene rings is 2. The van der Waals surface area contributed by atoms with Crippen LogP contribution in [0.3, 0.4) is 0 Å². The lowest BCUT2D eigenvalue weighted by atomic mass is 10.1. The molecule has 0 aliphatic heterocycles. The van der Waals surface area contributed by atoms with Crippen molar-refractivity contribution in [2.45, 2.75) is 26.2 Å². The van der Waals surface area contributed by atoms with Gasteiger partial charge in [-0.05, 0) is 37.5 Å². The first-order valence-corrected chi connectivity index (χ1v) is 7.80. The molecule has 0 atom stereocenters. The Labute approximate surface area is 136 Å². The topological polar surface area (TPSA) is 58.2 Å². The molecule has 0 radical (unpaired) electrons.